The van der Waals surface area contributed by atoms with Crippen LogP contribution >= 0.6 is 0 Å². The van der Waals surface area contributed by atoms with Gasteiger partial charge in [0.1, 0.15) is 11.6 Å². The minimum absolute atomic E-state index is 0.00000756. The molecule has 0 aliphatic carbocycles. The molecule has 0 spiro atoms. The van der Waals surface area contributed by atoms with Gasteiger partial charge in [-0.3, -0.25) is 9.59 Å². The number of carboxylic acid groups (broad SMARTS) is 1. The zero-order chi connectivity index (χ0) is 16.3. The van der Waals surface area contributed by atoms with Crippen molar-refractivity contribution >= 4 is 11.9 Å². The lowest BCUT2D eigenvalue weighted by Gasteiger charge is -2.34. The van der Waals surface area contributed by atoms with Gasteiger partial charge < -0.3 is 14.7 Å². The number of methoxy groups -OCH3 is 1. The molecule has 1 aromatic rings. The van der Waals surface area contributed by atoms with Crippen molar-refractivity contribution in [1.29, 1.82) is 0 Å². The van der Waals surface area contributed by atoms with Gasteiger partial charge in [0.2, 0.25) is 5.91 Å². The predicted molar refractivity (Wildman–Crippen MR) is 78.1 cm³/mol. The number of likely N-dealkylation sites (tertiary alicyclic amines) is 1. The van der Waals surface area contributed by atoms with E-state index in [2.05, 4.69) is 0 Å². The highest BCUT2D eigenvalue weighted by molar-refractivity contribution is 5.80. The van der Waals surface area contributed by atoms with Gasteiger partial charge >= 0.3 is 5.97 Å². The number of aliphatic carboxylic acids is 1. The molecule has 1 aliphatic rings. The first-order valence-corrected chi connectivity index (χ1v) is 7.23. The van der Waals surface area contributed by atoms with Crippen molar-refractivity contribution in [2.45, 2.75) is 19.8 Å². The number of halogens is 1. The van der Waals surface area contributed by atoms with Crippen LogP contribution in [-0.4, -0.2) is 42.1 Å². The quantitative estimate of drug-likeness (QED) is 0.923. The number of benzene rings is 1. The molecule has 1 heterocycles. The number of rotatable bonds is 4. The van der Waals surface area contributed by atoms with Crippen molar-refractivity contribution in [3.8, 4) is 5.75 Å². The number of hydrogen-bond donors (Lipinski definition) is 1. The number of carboxylic acids is 1. The zero-order valence-corrected chi connectivity index (χ0v) is 12.7. The molecule has 2 rings (SSSR count). The van der Waals surface area contributed by atoms with E-state index in [0.717, 1.165) is 0 Å². The van der Waals surface area contributed by atoms with Gasteiger partial charge in [0.25, 0.3) is 0 Å². The van der Waals surface area contributed by atoms with Crippen molar-refractivity contribution < 1.29 is 23.8 Å². The molecule has 0 aromatic heterocycles. The molecule has 120 valence electrons. The second-order valence-corrected chi connectivity index (χ2v) is 5.81. The molecule has 0 bridgehead atoms. The number of amides is 1. The van der Waals surface area contributed by atoms with Crippen molar-refractivity contribution in [2.24, 2.45) is 11.8 Å². The molecule has 0 saturated carbocycles. The predicted octanol–water partition coefficient (Wildman–Crippen LogP) is 1.95. The van der Waals surface area contributed by atoms with Crippen molar-refractivity contribution in [3.63, 3.8) is 0 Å². The molecule has 1 fully saturated rings. The second kappa shape index (κ2) is 6.77. The van der Waals surface area contributed by atoms with Crippen LogP contribution in [0.15, 0.2) is 18.2 Å². The van der Waals surface area contributed by atoms with E-state index in [1.165, 1.54) is 25.3 Å². The molecule has 1 saturated heterocycles. The summed E-state index contributed by atoms with van der Waals surface area (Å²) < 4.78 is 18.5. The Bertz CT molecular complexity index is 575. The maximum atomic E-state index is 13.3. The lowest BCUT2D eigenvalue weighted by atomic mass is 9.90. The SMILES string of the molecule is COc1ccc(F)cc1CC(=O)N1CC(C)CC(C(=O)O)C1. The van der Waals surface area contributed by atoms with Crippen LogP contribution in [0.1, 0.15) is 18.9 Å². The molecule has 22 heavy (non-hydrogen) atoms. The molecule has 5 nitrogen and oxygen atoms in total. The van der Waals surface area contributed by atoms with Crippen LogP contribution in [0.4, 0.5) is 4.39 Å². The third-order valence-electron chi connectivity index (χ3n) is 3.95. The van der Waals surface area contributed by atoms with Crippen molar-refractivity contribution in [2.75, 3.05) is 20.2 Å². The lowest BCUT2D eigenvalue weighted by molar-refractivity contribution is -0.146. The Morgan fingerprint density at radius 3 is 2.77 bits per heavy atom. The van der Waals surface area contributed by atoms with E-state index in [1.54, 1.807) is 4.90 Å². The van der Waals surface area contributed by atoms with Crippen LogP contribution < -0.4 is 4.74 Å². The topological polar surface area (TPSA) is 66.8 Å². The first-order chi connectivity index (χ1) is 10.4. The van der Waals surface area contributed by atoms with Crippen LogP contribution in [0.5, 0.6) is 5.75 Å². The number of ether oxygens (including phenoxy) is 1. The molecule has 1 aromatic carbocycles. The zero-order valence-electron chi connectivity index (χ0n) is 12.7. The maximum absolute atomic E-state index is 13.3. The van der Waals surface area contributed by atoms with Crippen LogP contribution in [0.2, 0.25) is 0 Å². The number of nitrogens with zero attached hydrogens (tertiary/aromatic N) is 1. The Morgan fingerprint density at radius 2 is 2.14 bits per heavy atom. The molecular formula is C16H20FNO4. The summed E-state index contributed by atoms with van der Waals surface area (Å²) in [5, 5.41) is 9.16. The fraction of sp³-hybridized carbons (Fsp3) is 0.500. The maximum Gasteiger partial charge on any atom is 0.308 e. The van der Waals surface area contributed by atoms with Crippen molar-refractivity contribution in [3.05, 3.63) is 29.6 Å². The third kappa shape index (κ3) is 3.75. The molecule has 2 atom stereocenters. The monoisotopic (exact) mass is 309 g/mol. The van der Waals surface area contributed by atoms with Crippen molar-refractivity contribution in [1.82, 2.24) is 4.90 Å². The highest BCUT2D eigenvalue weighted by Gasteiger charge is 2.32. The van der Waals surface area contributed by atoms with Crippen LogP contribution in [-0.2, 0) is 16.0 Å². The van der Waals surface area contributed by atoms with E-state index < -0.39 is 17.7 Å². The summed E-state index contributed by atoms with van der Waals surface area (Å²) in [6, 6.07) is 4.03. The van der Waals surface area contributed by atoms with E-state index in [0.29, 0.717) is 24.3 Å². The molecule has 2 unspecified atom stereocenters. The smallest absolute Gasteiger partial charge is 0.308 e. The van der Waals surface area contributed by atoms with Gasteiger partial charge in [0.05, 0.1) is 19.4 Å². The van der Waals surface area contributed by atoms with E-state index in [4.69, 9.17) is 9.84 Å². The highest BCUT2D eigenvalue weighted by atomic mass is 19.1. The summed E-state index contributed by atoms with van der Waals surface area (Å²) in [6.45, 7) is 2.66. The summed E-state index contributed by atoms with van der Waals surface area (Å²) in [5.41, 5.74) is 0.470. The molecule has 6 heteroatoms. The van der Waals surface area contributed by atoms with E-state index in [9.17, 15) is 14.0 Å². The fourth-order valence-electron chi connectivity index (χ4n) is 2.89. The standard InChI is InChI=1S/C16H20FNO4/c1-10-5-12(16(20)21)9-18(8-10)15(19)7-11-6-13(17)3-4-14(11)22-2/h3-4,6,10,12H,5,7-9H2,1-2H3,(H,20,21). The Labute approximate surface area is 128 Å². The Balaban J connectivity index is 2.11. The molecule has 1 amide bonds. The van der Waals surface area contributed by atoms with Gasteiger partial charge in [-0.25, -0.2) is 4.39 Å². The Morgan fingerprint density at radius 1 is 1.41 bits per heavy atom. The van der Waals surface area contributed by atoms with E-state index in [1.807, 2.05) is 6.92 Å². The largest absolute Gasteiger partial charge is 0.496 e. The number of carbonyl (C=O) groups excluding carboxylic acids is 1. The lowest BCUT2D eigenvalue weighted by Crippen LogP contribution is -2.46. The molecule has 1 N–H and O–H groups in total. The van der Waals surface area contributed by atoms with Gasteiger partial charge in [0.15, 0.2) is 0 Å². The summed E-state index contributed by atoms with van der Waals surface area (Å²) in [6.07, 6.45) is 0.572. The summed E-state index contributed by atoms with van der Waals surface area (Å²) in [4.78, 5) is 25.1. The molecule has 0 radical (unpaired) electrons. The summed E-state index contributed by atoms with van der Waals surface area (Å²) >= 11 is 0. The third-order valence-corrected chi connectivity index (χ3v) is 3.95. The molecule has 1 aliphatic heterocycles. The van der Waals surface area contributed by atoms with Crippen LogP contribution in [0.3, 0.4) is 0 Å². The minimum Gasteiger partial charge on any atom is -0.496 e. The highest BCUT2D eigenvalue weighted by Crippen LogP contribution is 2.24. The first kappa shape index (κ1) is 16.3. The van der Waals surface area contributed by atoms with Gasteiger partial charge in [0, 0.05) is 18.7 Å². The average molecular weight is 309 g/mol. The van der Waals surface area contributed by atoms with Crippen LogP contribution in [0.25, 0.3) is 0 Å². The number of carbonyl (C=O) groups is 2. The van der Waals surface area contributed by atoms with Gasteiger partial charge in [-0.1, -0.05) is 6.92 Å². The number of hydrogen-bond acceptors (Lipinski definition) is 3. The number of piperidine rings is 1. The van der Waals surface area contributed by atoms with Crippen LogP contribution in [0, 0.1) is 17.7 Å². The van der Waals surface area contributed by atoms with Gasteiger partial charge in [-0.15, -0.1) is 0 Å². The summed E-state index contributed by atoms with van der Waals surface area (Å²) in [7, 11) is 1.46. The fourth-order valence-corrected chi connectivity index (χ4v) is 2.89. The second-order valence-electron chi connectivity index (χ2n) is 5.81. The first-order valence-electron chi connectivity index (χ1n) is 7.23. The van der Waals surface area contributed by atoms with E-state index in [-0.39, 0.29) is 24.8 Å². The Kier molecular flexibility index (Phi) is 5.00. The normalized spacial score (nSPS) is 21.5. The minimum atomic E-state index is -0.882. The summed E-state index contributed by atoms with van der Waals surface area (Å²) in [5.74, 6) is -1.47. The molecular weight excluding hydrogens is 289 g/mol. The van der Waals surface area contributed by atoms with Gasteiger partial charge in [-0.2, -0.15) is 0 Å². The van der Waals surface area contributed by atoms with E-state index >= 15 is 0 Å². The Hall–Kier alpha value is -2.11. The van der Waals surface area contributed by atoms with Gasteiger partial charge in [-0.05, 0) is 30.5 Å². The average Bonchev–Trinajstić information content (AvgIpc) is 2.46.